The molecule has 142 valence electrons. The van der Waals surface area contributed by atoms with Crippen LogP contribution < -0.4 is 15.3 Å². The number of carbonyl (C=O) groups is 2. The van der Waals surface area contributed by atoms with Gasteiger partial charge in [-0.15, -0.1) is 0 Å². The van der Waals surface area contributed by atoms with Crippen molar-refractivity contribution in [3.05, 3.63) is 77.9 Å². The lowest BCUT2D eigenvalue weighted by Crippen LogP contribution is -2.37. The molecule has 1 atom stereocenters. The fourth-order valence-corrected chi connectivity index (χ4v) is 2.72. The third-order valence-corrected chi connectivity index (χ3v) is 4.16. The molecular formula is C22H19N2O4-. The van der Waals surface area contributed by atoms with Gasteiger partial charge >= 0.3 is 0 Å². The molecule has 0 fully saturated rings. The lowest BCUT2D eigenvalue weighted by molar-refractivity contribution is -0.312. The molecule has 3 rings (SSSR count). The molecule has 6 heteroatoms. The van der Waals surface area contributed by atoms with Gasteiger partial charge in [-0.2, -0.15) is 5.10 Å². The van der Waals surface area contributed by atoms with Crippen LogP contribution in [-0.2, 0) is 16.0 Å². The van der Waals surface area contributed by atoms with E-state index < -0.39 is 12.1 Å². The van der Waals surface area contributed by atoms with Crippen molar-refractivity contribution < 1.29 is 19.4 Å². The summed E-state index contributed by atoms with van der Waals surface area (Å²) in [5.41, 5.74) is 4.19. The summed E-state index contributed by atoms with van der Waals surface area (Å²) in [6, 6.07) is 20.4. The molecule has 0 saturated heterocycles. The van der Waals surface area contributed by atoms with Crippen LogP contribution in [0.3, 0.4) is 0 Å². The van der Waals surface area contributed by atoms with E-state index in [9.17, 15) is 14.7 Å². The van der Waals surface area contributed by atoms with Gasteiger partial charge in [0, 0.05) is 0 Å². The molecule has 28 heavy (non-hydrogen) atoms. The maximum Gasteiger partial charge on any atom is 0.244 e. The number of fused-ring (bicyclic) bond motifs is 1. The minimum absolute atomic E-state index is 0.213. The average Bonchev–Trinajstić information content (AvgIpc) is 2.69. The molecule has 0 spiro atoms. The maximum absolute atomic E-state index is 12.2. The number of carboxylic acid groups (broad SMARTS) is 1. The standard InChI is InChI=1S/C22H20N2O4/c1-15(22(26)27)28-19-11-9-16(10-12-19)14-23-24-21(25)13-18-7-4-6-17-5-2-3-8-20(17)18/h2-12,14-15H,13H2,1H3,(H,24,25)(H,26,27)/p-1/b23-14-/t15-/m0/s1. The van der Waals surface area contributed by atoms with Gasteiger partial charge in [0.15, 0.2) is 0 Å². The summed E-state index contributed by atoms with van der Waals surface area (Å²) in [6.07, 6.45) is 0.701. The van der Waals surface area contributed by atoms with Gasteiger partial charge in [0.05, 0.1) is 18.6 Å². The van der Waals surface area contributed by atoms with E-state index in [1.165, 1.54) is 13.1 Å². The van der Waals surface area contributed by atoms with Crippen LogP contribution in [0.5, 0.6) is 5.75 Å². The van der Waals surface area contributed by atoms with Crippen molar-refractivity contribution in [1.82, 2.24) is 5.43 Å². The number of hydrogen-bond donors (Lipinski definition) is 1. The fourth-order valence-electron chi connectivity index (χ4n) is 2.72. The quantitative estimate of drug-likeness (QED) is 0.505. The molecule has 0 aliphatic rings. The van der Waals surface area contributed by atoms with E-state index in [2.05, 4.69) is 10.5 Å². The summed E-state index contributed by atoms with van der Waals surface area (Å²) >= 11 is 0. The Hall–Kier alpha value is -3.67. The summed E-state index contributed by atoms with van der Waals surface area (Å²) in [5.74, 6) is -1.08. The molecule has 0 aliphatic carbocycles. The Morgan fingerprint density at radius 3 is 2.54 bits per heavy atom. The normalized spacial score (nSPS) is 12.0. The molecule has 0 radical (unpaired) electrons. The molecule has 6 nitrogen and oxygen atoms in total. The van der Waals surface area contributed by atoms with E-state index >= 15 is 0 Å². The fraction of sp³-hybridized carbons (Fsp3) is 0.136. The van der Waals surface area contributed by atoms with E-state index in [1.807, 2.05) is 42.5 Å². The van der Waals surface area contributed by atoms with Crippen molar-refractivity contribution in [2.45, 2.75) is 19.4 Å². The van der Waals surface area contributed by atoms with E-state index in [-0.39, 0.29) is 12.3 Å². The Morgan fingerprint density at radius 1 is 1.07 bits per heavy atom. The van der Waals surface area contributed by atoms with Crippen molar-refractivity contribution in [1.29, 1.82) is 0 Å². The van der Waals surface area contributed by atoms with Crippen molar-refractivity contribution in [3.8, 4) is 5.75 Å². The Bertz CT molecular complexity index is 1010. The first-order chi connectivity index (χ1) is 13.5. The zero-order chi connectivity index (χ0) is 19.9. The second kappa shape index (κ2) is 8.81. The van der Waals surface area contributed by atoms with Crippen LogP contribution >= 0.6 is 0 Å². The third-order valence-electron chi connectivity index (χ3n) is 4.16. The monoisotopic (exact) mass is 375 g/mol. The first-order valence-corrected chi connectivity index (χ1v) is 8.79. The molecule has 1 N–H and O–H groups in total. The van der Waals surface area contributed by atoms with Gasteiger partial charge in [-0.05, 0) is 53.1 Å². The van der Waals surface area contributed by atoms with E-state index in [1.54, 1.807) is 24.3 Å². The molecule has 1 amide bonds. The van der Waals surface area contributed by atoms with Crippen molar-refractivity contribution in [3.63, 3.8) is 0 Å². The van der Waals surface area contributed by atoms with Crippen LogP contribution in [-0.4, -0.2) is 24.2 Å². The van der Waals surface area contributed by atoms with Gasteiger partial charge in [0.25, 0.3) is 0 Å². The zero-order valence-electron chi connectivity index (χ0n) is 15.3. The lowest BCUT2D eigenvalue weighted by atomic mass is 10.0. The average molecular weight is 375 g/mol. The predicted octanol–water partition coefficient (Wildman–Crippen LogP) is 2.05. The number of carboxylic acids is 1. The van der Waals surface area contributed by atoms with Crippen LogP contribution in [0.1, 0.15) is 18.1 Å². The van der Waals surface area contributed by atoms with Crippen molar-refractivity contribution >= 4 is 28.9 Å². The molecule has 3 aromatic rings. The van der Waals surface area contributed by atoms with Crippen LogP contribution in [0, 0.1) is 0 Å². The van der Waals surface area contributed by atoms with Crippen LogP contribution in [0.4, 0.5) is 0 Å². The highest BCUT2D eigenvalue weighted by Crippen LogP contribution is 2.18. The molecule has 0 bridgehead atoms. The molecule has 0 saturated carbocycles. The predicted molar refractivity (Wildman–Crippen MR) is 105 cm³/mol. The highest BCUT2D eigenvalue weighted by Gasteiger charge is 2.06. The van der Waals surface area contributed by atoms with Crippen molar-refractivity contribution in [2.24, 2.45) is 5.10 Å². The van der Waals surface area contributed by atoms with Gasteiger partial charge < -0.3 is 14.6 Å². The lowest BCUT2D eigenvalue weighted by Gasteiger charge is -2.15. The summed E-state index contributed by atoms with van der Waals surface area (Å²) < 4.78 is 5.20. The highest BCUT2D eigenvalue weighted by atomic mass is 16.5. The van der Waals surface area contributed by atoms with E-state index in [4.69, 9.17) is 4.74 Å². The molecule has 0 aromatic heterocycles. The number of amides is 1. The maximum atomic E-state index is 12.2. The Kier molecular flexibility index (Phi) is 6.01. The number of nitrogens with one attached hydrogen (secondary N) is 1. The smallest absolute Gasteiger partial charge is 0.244 e. The van der Waals surface area contributed by atoms with Gasteiger partial charge in [0.2, 0.25) is 5.91 Å². The minimum Gasteiger partial charge on any atom is -0.546 e. The topological polar surface area (TPSA) is 90.8 Å². The third kappa shape index (κ3) is 4.94. The van der Waals surface area contributed by atoms with E-state index in [0.717, 1.165) is 21.9 Å². The number of ether oxygens (including phenoxy) is 1. The zero-order valence-corrected chi connectivity index (χ0v) is 15.3. The molecule has 3 aromatic carbocycles. The Morgan fingerprint density at radius 2 is 1.79 bits per heavy atom. The first-order valence-electron chi connectivity index (χ1n) is 8.79. The van der Waals surface area contributed by atoms with E-state index in [0.29, 0.717) is 5.75 Å². The molecule has 0 heterocycles. The largest absolute Gasteiger partial charge is 0.546 e. The number of benzene rings is 3. The molecule has 0 unspecified atom stereocenters. The van der Waals surface area contributed by atoms with Crippen LogP contribution in [0.2, 0.25) is 0 Å². The SMILES string of the molecule is C[C@H](Oc1ccc(/C=N\NC(=O)Cc2cccc3ccccc23)cc1)C(=O)[O-]. The first kappa shape index (κ1) is 19.1. The number of nitrogens with zero attached hydrogens (tertiary/aromatic N) is 1. The van der Waals surface area contributed by atoms with Crippen LogP contribution in [0.15, 0.2) is 71.8 Å². The summed E-state index contributed by atoms with van der Waals surface area (Å²) in [4.78, 5) is 22.9. The number of hydrazone groups is 1. The number of aliphatic carboxylic acids is 1. The van der Waals surface area contributed by atoms with Gasteiger partial charge in [-0.3, -0.25) is 4.79 Å². The number of carbonyl (C=O) groups excluding carboxylic acids is 2. The summed E-state index contributed by atoms with van der Waals surface area (Å²) in [7, 11) is 0. The van der Waals surface area contributed by atoms with Gasteiger partial charge in [0.1, 0.15) is 11.9 Å². The number of hydrogen-bond acceptors (Lipinski definition) is 5. The van der Waals surface area contributed by atoms with Gasteiger partial charge in [-0.25, -0.2) is 5.43 Å². The van der Waals surface area contributed by atoms with Gasteiger partial charge in [-0.1, -0.05) is 42.5 Å². The summed E-state index contributed by atoms with van der Waals surface area (Å²) in [6.45, 7) is 1.40. The molecular weight excluding hydrogens is 356 g/mol. The highest BCUT2D eigenvalue weighted by molar-refractivity contribution is 5.90. The second-order valence-electron chi connectivity index (χ2n) is 6.26. The molecule has 0 aliphatic heterocycles. The Labute approximate surface area is 162 Å². The summed E-state index contributed by atoms with van der Waals surface area (Å²) in [5, 5.41) is 16.8. The number of rotatable bonds is 7. The van der Waals surface area contributed by atoms with Crippen LogP contribution in [0.25, 0.3) is 10.8 Å². The van der Waals surface area contributed by atoms with Crippen molar-refractivity contribution in [2.75, 3.05) is 0 Å². The Balaban J connectivity index is 1.57. The minimum atomic E-state index is -1.28. The second-order valence-corrected chi connectivity index (χ2v) is 6.26.